The Bertz CT molecular complexity index is 507. The lowest BCUT2D eigenvalue weighted by Crippen LogP contribution is -2.42. The summed E-state index contributed by atoms with van der Waals surface area (Å²) in [4.78, 5) is 13.9. The zero-order valence-corrected chi connectivity index (χ0v) is 10.3. The molecule has 1 atom stereocenters. The Morgan fingerprint density at radius 1 is 1.39 bits per heavy atom. The van der Waals surface area contributed by atoms with Gasteiger partial charge in [0.2, 0.25) is 0 Å². The van der Waals surface area contributed by atoms with Crippen LogP contribution in [0.5, 0.6) is 0 Å². The molecule has 0 aliphatic carbocycles. The van der Waals surface area contributed by atoms with Gasteiger partial charge in [-0.3, -0.25) is 4.79 Å². The van der Waals surface area contributed by atoms with Gasteiger partial charge in [0.05, 0.1) is 11.0 Å². The molecule has 1 heterocycles. The fourth-order valence-corrected chi connectivity index (χ4v) is 2.35. The number of carbonyl (C=O) groups is 1. The highest BCUT2D eigenvalue weighted by Gasteiger charge is 2.31. The predicted molar refractivity (Wildman–Crippen MR) is 67.2 cm³/mol. The van der Waals surface area contributed by atoms with E-state index in [4.69, 9.17) is 18.0 Å². The fourth-order valence-electron chi connectivity index (χ4n) is 2.10. The summed E-state index contributed by atoms with van der Waals surface area (Å²) in [7, 11) is 0. The van der Waals surface area contributed by atoms with Crippen molar-refractivity contribution in [1.29, 1.82) is 0 Å². The van der Waals surface area contributed by atoms with Crippen LogP contribution in [-0.4, -0.2) is 28.4 Å². The Balaban J connectivity index is 2.25. The number of likely N-dealkylation sites (tertiary alicyclic amines) is 1. The van der Waals surface area contributed by atoms with E-state index in [1.54, 1.807) is 0 Å². The van der Waals surface area contributed by atoms with E-state index in [1.807, 2.05) is 0 Å². The maximum absolute atomic E-state index is 13.1. The quantitative estimate of drug-likeness (QED) is 0.834. The number of benzene rings is 1. The standard InChI is InChI=1S/C12H12F2N2OS/c13-8-4-3-7(6-9(8)14)12(17)16-5-1-2-10(16)11(15)18/h3-4,6,10H,1-2,5H2,(H2,15,18). The molecule has 96 valence electrons. The van der Waals surface area contributed by atoms with Gasteiger partial charge >= 0.3 is 0 Å². The summed E-state index contributed by atoms with van der Waals surface area (Å²) in [6.07, 6.45) is 1.52. The zero-order chi connectivity index (χ0) is 13.3. The highest BCUT2D eigenvalue weighted by atomic mass is 32.1. The average molecular weight is 270 g/mol. The molecule has 0 aromatic heterocycles. The van der Waals surface area contributed by atoms with Crippen molar-refractivity contribution < 1.29 is 13.6 Å². The highest BCUT2D eigenvalue weighted by molar-refractivity contribution is 7.80. The van der Waals surface area contributed by atoms with Crippen molar-refractivity contribution in [2.45, 2.75) is 18.9 Å². The van der Waals surface area contributed by atoms with Gasteiger partial charge in [-0.2, -0.15) is 0 Å². The summed E-state index contributed by atoms with van der Waals surface area (Å²) in [6.45, 7) is 0.528. The molecule has 1 saturated heterocycles. The minimum atomic E-state index is -1.04. The summed E-state index contributed by atoms with van der Waals surface area (Å²) in [6, 6.07) is 2.80. The Morgan fingerprint density at radius 2 is 2.11 bits per heavy atom. The normalized spacial score (nSPS) is 19.0. The van der Waals surface area contributed by atoms with E-state index in [0.717, 1.165) is 18.6 Å². The van der Waals surface area contributed by atoms with Crippen LogP contribution in [0.3, 0.4) is 0 Å². The molecule has 1 aromatic rings. The number of nitrogens with zero attached hydrogens (tertiary/aromatic N) is 1. The number of hydrogen-bond donors (Lipinski definition) is 1. The first-order valence-corrected chi connectivity index (χ1v) is 5.97. The van der Waals surface area contributed by atoms with Gasteiger partial charge in [-0.15, -0.1) is 0 Å². The van der Waals surface area contributed by atoms with Gasteiger partial charge in [0, 0.05) is 12.1 Å². The molecule has 1 aromatic carbocycles. The summed E-state index contributed by atoms with van der Waals surface area (Å²) < 4.78 is 25.9. The van der Waals surface area contributed by atoms with Crippen molar-refractivity contribution in [1.82, 2.24) is 4.90 Å². The lowest BCUT2D eigenvalue weighted by molar-refractivity contribution is 0.0770. The van der Waals surface area contributed by atoms with Crippen molar-refractivity contribution in [3.05, 3.63) is 35.4 Å². The van der Waals surface area contributed by atoms with Crippen LogP contribution in [-0.2, 0) is 0 Å². The largest absolute Gasteiger partial charge is 0.392 e. The van der Waals surface area contributed by atoms with Gasteiger partial charge in [0.15, 0.2) is 11.6 Å². The predicted octanol–water partition coefficient (Wildman–Crippen LogP) is 1.86. The van der Waals surface area contributed by atoms with Crippen LogP contribution in [0.4, 0.5) is 8.78 Å². The molecule has 3 nitrogen and oxygen atoms in total. The van der Waals surface area contributed by atoms with E-state index in [0.29, 0.717) is 13.0 Å². The van der Waals surface area contributed by atoms with Crippen LogP contribution in [0.2, 0.25) is 0 Å². The monoisotopic (exact) mass is 270 g/mol. The Morgan fingerprint density at radius 3 is 2.72 bits per heavy atom. The number of thiocarbonyl (C=S) groups is 1. The third kappa shape index (κ3) is 2.33. The van der Waals surface area contributed by atoms with Crippen LogP contribution >= 0.6 is 12.2 Å². The maximum atomic E-state index is 13.1. The lowest BCUT2D eigenvalue weighted by atomic mass is 10.1. The first-order valence-electron chi connectivity index (χ1n) is 5.56. The molecule has 0 bridgehead atoms. The second-order valence-electron chi connectivity index (χ2n) is 4.19. The van der Waals surface area contributed by atoms with E-state index >= 15 is 0 Å². The molecule has 0 radical (unpaired) electrons. The summed E-state index contributed by atoms with van der Waals surface area (Å²) >= 11 is 4.90. The number of hydrogen-bond acceptors (Lipinski definition) is 2. The molecule has 0 saturated carbocycles. The van der Waals surface area contributed by atoms with E-state index in [9.17, 15) is 13.6 Å². The zero-order valence-electron chi connectivity index (χ0n) is 9.53. The van der Waals surface area contributed by atoms with Crippen molar-refractivity contribution in [2.24, 2.45) is 5.73 Å². The number of nitrogens with two attached hydrogens (primary N) is 1. The minimum absolute atomic E-state index is 0.108. The molecule has 2 rings (SSSR count). The highest BCUT2D eigenvalue weighted by Crippen LogP contribution is 2.21. The van der Waals surface area contributed by atoms with Gasteiger partial charge in [0.25, 0.3) is 5.91 Å². The van der Waals surface area contributed by atoms with Crippen LogP contribution in [0.15, 0.2) is 18.2 Å². The van der Waals surface area contributed by atoms with E-state index < -0.39 is 11.6 Å². The van der Waals surface area contributed by atoms with Gasteiger partial charge in [-0.05, 0) is 31.0 Å². The fraction of sp³-hybridized carbons (Fsp3) is 0.333. The topological polar surface area (TPSA) is 46.3 Å². The smallest absolute Gasteiger partial charge is 0.254 e. The Labute approximate surface area is 109 Å². The van der Waals surface area contributed by atoms with Gasteiger partial charge in [-0.25, -0.2) is 8.78 Å². The summed E-state index contributed by atoms with van der Waals surface area (Å²) in [5.74, 6) is -2.38. The van der Waals surface area contributed by atoms with E-state index in [2.05, 4.69) is 0 Å². The van der Waals surface area contributed by atoms with Crippen molar-refractivity contribution in [3.8, 4) is 0 Å². The molecule has 1 aliphatic heterocycles. The van der Waals surface area contributed by atoms with Crippen molar-refractivity contribution in [3.63, 3.8) is 0 Å². The van der Waals surface area contributed by atoms with Gasteiger partial charge in [-0.1, -0.05) is 12.2 Å². The van der Waals surface area contributed by atoms with Gasteiger partial charge in [0.1, 0.15) is 0 Å². The third-order valence-electron chi connectivity index (χ3n) is 3.01. The molecule has 1 aliphatic rings. The molecule has 18 heavy (non-hydrogen) atoms. The van der Waals surface area contributed by atoms with E-state index in [1.165, 1.54) is 11.0 Å². The first-order chi connectivity index (χ1) is 8.50. The molecule has 1 unspecified atom stereocenters. The second-order valence-corrected chi connectivity index (χ2v) is 4.66. The maximum Gasteiger partial charge on any atom is 0.254 e. The SMILES string of the molecule is NC(=S)C1CCCN1C(=O)c1ccc(F)c(F)c1. The molecule has 1 amide bonds. The summed E-state index contributed by atoms with van der Waals surface area (Å²) in [5.41, 5.74) is 5.67. The average Bonchev–Trinajstić information content (AvgIpc) is 2.81. The minimum Gasteiger partial charge on any atom is -0.392 e. The first kappa shape index (κ1) is 12.9. The molecular formula is C12H12F2N2OS. The molecular weight excluding hydrogens is 258 g/mol. The molecule has 6 heteroatoms. The number of rotatable bonds is 2. The van der Waals surface area contributed by atoms with Crippen LogP contribution in [0.1, 0.15) is 23.2 Å². The number of halogens is 2. The van der Waals surface area contributed by atoms with Gasteiger partial charge < -0.3 is 10.6 Å². The Kier molecular flexibility index (Phi) is 3.56. The van der Waals surface area contributed by atoms with Crippen LogP contribution < -0.4 is 5.73 Å². The van der Waals surface area contributed by atoms with Crippen molar-refractivity contribution >= 4 is 23.1 Å². The van der Waals surface area contributed by atoms with Crippen molar-refractivity contribution in [2.75, 3.05) is 6.54 Å². The molecule has 1 fully saturated rings. The lowest BCUT2D eigenvalue weighted by Gasteiger charge is -2.23. The Hall–Kier alpha value is -1.56. The number of amides is 1. The van der Waals surface area contributed by atoms with Crippen LogP contribution in [0.25, 0.3) is 0 Å². The van der Waals surface area contributed by atoms with E-state index in [-0.39, 0.29) is 22.5 Å². The third-order valence-corrected chi connectivity index (χ3v) is 3.28. The second kappa shape index (κ2) is 4.97. The van der Waals surface area contributed by atoms with Crippen LogP contribution in [0, 0.1) is 11.6 Å². The molecule has 0 spiro atoms. The molecule has 2 N–H and O–H groups in total. The summed E-state index contributed by atoms with van der Waals surface area (Å²) in [5, 5.41) is 0. The number of carbonyl (C=O) groups excluding carboxylic acids is 1.